The van der Waals surface area contributed by atoms with Crippen molar-refractivity contribution in [2.45, 2.75) is 37.8 Å². The number of amides is 2. The Bertz CT molecular complexity index is 174. The van der Waals surface area contributed by atoms with Gasteiger partial charge in [-0.05, 0) is 25.7 Å². The van der Waals surface area contributed by atoms with Crippen LogP contribution in [0.3, 0.4) is 0 Å². The summed E-state index contributed by atoms with van der Waals surface area (Å²) in [6, 6.07) is 0.208. The van der Waals surface area contributed by atoms with Crippen molar-refractivity contribution >= 4 is 6.03 Å². The first-order valence-electron chi connectivity index (χ1n) is 4.75. The van der Waals surface area contributed by atoms with Gasteiger partial charge in [0.25, 0.3) is 0 Å². The van der Waals surface area contributed by atoms with Gasteiger partial charge in [0.15, 0.2) is 0 Å². The van der Waals surface area contributed by atoms with Crippen molar-refractivity contribution in [1.29, 1.82) is 0 Å². The highest BCUT2D eigenvalue weighted by molar-refractivity contribution is 5.73. The van der Waals surface area contributed by atoms with Gasteiger partial charge < -0.3 is 15.3 Å². The summed E-state index contributed by atoms with van der Waals surface area (Å²) in [6.07, 6.45) is 3.23. The molecule has 1 rings (SSSR count). The number of carbonyl (C=O) groups is 1. The Kier molecular flexibility index (Phi) is 3.54. The summed E-state index contributed by atoms with van der Waals surface area (Å²) in [5, 5.41) is 12.2. The van der Waals surface area contributed by atoms with Gasteiger partial charge in [-0.15, -0.1) is 0 Å². The normalized spacial score (nSPS) is 28.2. The summed E-state index contributed by atoms with van der Waals surface area (Å²) in [7, 11) is 3.46. The fourth-order valence-corrected chi connectivity index (χ4v) is 1.52. The number of aliphatic hydroxyl groups is 1. The zero-order valence-corrected chi connectivity index (χ0v) is 8.29. The first-order valence-corrected chi connectivity index (χ1v) is 4.75. The summed E-state index contributed by atoms with van der Waals surface area (Å²) in [5.41, 5.74) is 0. The van der Waals surface area contributed by atoms with Crippen LogP contribution in [0, 0.1) is 0 Å². The van der Waals surface area contributed by atoms with Crippen LogP contribution < -0.4 is 5.32 Å². The van der Waals surface area contributed by atoms with Crippen molar-refractivity contribution in [2.24, 2.45) is 0 Å². The largest absolute Gasteiger partial charge is 0.393 e. The summed E-state index contributed by atoms with van der Waals surface area (Å²) >= 11 is 0. The molecule has 1 fully saturated rings. The Morgan fingerprint density at radius 3 is 2.31 bits per heavy atom. The van der Waals surface area contributed by atoms with E-state index in [0.717, 1.165) is 25.7 Å². The Morgan fingerprint density at radius 1 is 1.31 bits per heavy atom. The number of hydrogen-bond donors (Lipinski definition) is 2. The van der Waals surface area contributed by atoms with E-state index >= 15 is 0 Å². The molecule has 0 spiro atoms. The van der Waals surface area contributed by atoms with Crippen LogP contribution >= 0.6 is 0 Å². The molecule has 0 aromatic heterocycles. The molecule has 4 heteroatoms. The molecular weight excluding hydrogens is 168 g/mol. The Balaban J connectivity index is 2.26. The first-order chi connectivity index (χ1) is 6.09. The van der Waals surface area contributed by atoms with Gasteiger partial charge in [0.05, 0.1) is 6.10 Å². The second kappa shape index (κ2) is 4.46. The van der Waals surface area contributed by atoms with E-state index in [4.69, 9.17) is 0 Å². The smallest absolute Gasteiger partial charge is 0.317 e. The summed E-state index contributed by atoms with van der Waals surface area (Å²) in [5.74, 6) is 0. The molecule has 0 atom stereocenters. The SMILES string of the molecule is CN(C)C(=O)NC1CCC(O)CC1. The lowest BCUT2D eigenvalue weighted by molar-refractivity contribution is 0.116. The van der Waals surface area contributed by atoms with Gasteiger partial charge in [0.1, 0.15) is 0 Å². The van der Waals surface area contributed by atoms with Gasteiger partial charge in [0, 0.05) is 20.1 Å². The van der Waals surface area contributed by atoms with Crippen molar-refractivity contribution in [2.75, 3.05) is 14.1 Å². The molecule has 1 aliphatic carbocycles. The minimum atomic E-state index is -0.160. The van der Waals surface area contributed by atoms with Gasteiger partial charge in [-0.3, -0.25) is 0 Å². The van der Waals surface area contributed by atoms with Crippen LogP contribution in [0.15, 0.2) is 0 Å². The maximum absolute atomic E-state index is 11.2. The quantitative estimate of drug-likeness (QED) is 0.628. The lowest BCUT2D eigenvalue weighted by Gasteiger charge is -2.27. The van der Waals surface area contributed by atoms with E-state index in [1.54, 1.807) is 14.1 Å². The minimum Gasteiger partial charge on any atom is -0.393 e. The van der Waals surface area contributed by atoms with E-state index in [2.05, 4.69) is 5.32 Å². The van der Waals surface area contributed by atoms with Crippen LogP contribution in [-0.4, -0.2) is 42.3 Å². The van der Waals surface area contributed by atoms with Crippen LogP contribution in [0.1, 0.15) is 25.7 Å². The molecule has 0 unspecified atom stereocenters. The van der Waals surface area contributed by atoms with E-state index in [0.29, 0.717) is 0 Å². The monoisotopic (exact) mass is 186 g/mol. The van der Waals surface area contributed by atoms with E-state index in [1.807, 2.05) is 0 Å². The number of nitrogens with one attached hydrogen (secondary N) is 1. The van der Waals surface area contributed by atoms with Crippen LogP contribution in [0.25, 0.3) is 0 Å². The van der Waals surface area contributed by atoms with Gasteiger partial charge in [0.2, 0.25) is 0 Å². The summed E-state index contributed by atoms with van der Waals surface area (Å²) in [6.45, 7) is 0. The molecule has 4 nitrogen and oxygen atoms in total. The van der Waals surface area contributed by atoms with Crippen LogP contribution in [0.4, 0.5) is 4.79 Å². The minimum absolute atomic E-state index is 0.0404. The van der Waals surface area contributed by atoms with Crippen molar-refractivity contribution in [3.05, 3.63) is 0 Å². The molecular formula is C9H18N2O2. The van der Waals surface area contributed by atoms with Gasteiger partial charge >= 0.3 is 6.03 Å². The van der Waals surface area contributed by atoms with Crippen molar-refractivity contribution in [1.82, 2.24) is 10.2 Å². The second-order valence-electron chi connectivity index (χ2n) is 3.85. The predicted molar refractivity (Wildman–Crippen MR) is 50.5 cm³/mol. The fourth-order valence-electron chi connectivity index (χ4n) is 1.52. The molecule has 1 aliphatic rings. The average Bonchev–Trinajstić information content (AvgIpc) is 2.08. The Hall–Kier alpha value is -0.770. The number of carbonyl (C=O) groups excluding carboxylic acids is 1. The third-order valence-corrected chi connectivity index (χ3v) is 2.43. The molecule has 2 amide bonds. The average molecular weight is 186 g/mol. The van der Waals surface area contributed by atoms with Crippen LogP contribution in [0.5, 0.6) is 0 Å². The topological polar surface area (TPSA) is 52.6 Å². The number of urea groups is 1. The second-order valence-corrected chi connectivity index (χ2v) is 3.85. The Labute approximate surface area is 78.9 Å². The lowest BCUT2D eigenvalue weighted by atomic mass is 9.93. The maximum Gasteiger partial charge on any atom is 0.317 e. The molecule has 76 valence electrons. The van der Waals surface area contributed by atoms with Gasteiger partial charge in [-0.1, -0.05) is 0 Å². The Morgan fingerprint density at radius 2 is 1.85 bits per heavy atom. The molecule has 2 N–H and O–H groups in total. The standard InChI is InChI=1S/C9H18N2O2/c1-11(2)9(13)10-7-3-5-8(12)6-4-7/h7-8,12H,3-6H2,1-2H3,(H,10,13). The number of hydrogen-bond acceptors (Lipinski definition) is 2. The third-order valence-electron chi connectivity index (χ3n) is 2.43. The molecule has 0 saturated heterocycles. The molecule has 1 saturated carbocycles. The predicted octanol–water partition coefficient (Wildman–Crippen LogP) is 0.561. The molecule has 0 aromatic carbocycles. The highest BCUT2D eigenvalue weighted by Crippen LogP contribution is 2.18. The lowest BCUT2D eigenvalue weighted by Crippen LogP contribution is -2.43. The van der Waals surface area contributed by atoms with Crippen LogP contribution in [-0.2, 0) is 0 Å². The van der Waals surface area contributed by atoms with E-state index in [-0.39, 0.29) is 18.2 Å². The third kappa shape index (κ3) is 3.22. The molecule has 0 radical (unpaired) electrons. The van der Waals surface area contributed by atoms with Crippen molar-refractivity contribution in [3.8, 4) is 0 Å². The van der Waals surface area contributed by atoms with E-state index < -0.39 is 0 Å². The van der Waals surface area contributed by atoms with E-state index in [1.165, 1.54) is 4.90 Å². The summed E-state index contributed by atoms with van der Waals surface area (Å²) in [4.78, 5) is 12.8. The van der Waals surface area contributed by atoms with Gasteiger partial charge in [-0.25, -0.2) is 4.79 Å². The number of rotatable bonds is 1. The highest BCUT2D eigenvalue weighted by atomic mass is 16.3. The molecule has 0 aliphatic heterocycles. The fraction of sp³-hybridized carbons (Fsp3) is 0.889. The van der Waals surface area contributed by atoms with Gasteiger partial charge in [-0.2, -0.15) is 0 Å². The van der Waals surface area contributed by atoms with Crippen LogP contribution in [0.2, 0.25) is 0 Å². The first kappa shape index (κ1) is 10.3. The maximum atomic E-state index is 11.2. The molecule has 0 aromatic rings. The van der Waals surface area contributed by atoms with E-state index in [9.17, 15) is 9.90 Å². The highest BCUT2D eigenvalue weighted by Gasteiger charge is 2.20. The number of aliphatic hydroxyl groups excluding tert-OH is 1. The molecule has 13 heavy (non-hydrogen) atoms. The molecule has 0 bridgehead atoms. The zero-order chi connectivity index (χ0) is 9.84. The molecule has 0 heterocycles. The summed E-state index contributed by atoms with van der Waals surface area (Å²) < 4.78 is 0. The van der Waals surface area contributed by atoms with Crippen molar-refractivity contribution < 1.29 is 9.90 Å². The van der Waals surface area contributed by atoms with Crippen molar-refractivity contribution in [3.63, 3.8) is 0 Å². The number of nitrogens with zero attached hydrogens (tertiary/aromatic N) is 1. The zero-order valence-electron chi connectivity index (χ0n) is 8.29.